The topological polar surface area (TPSA) is 85.6 Å². The van der Waals surface area contributed by atoms with Crippen LogP contribution in [0.2, 0.25) is 0 Å². The van der Waals surface area contributed by atoms with Crippen molar-refractivity contribution in [2.75, 3.05) is 5.32 Å². The number of hydrogen-bond acceptors (Lipinski definition) is 6. The summed E-state index contributed by atoms with van der Waals surface area (Å²) in [4.78, 5) is 17.8. The maximum atomic E-state index is 12.9. The lowest BCUT2D eigenvalue weighted by atomic mass is 10.0. The van der Waals surface area contributed by atoms with Crippen molar-refractivity contribution in [2.24, 2.45) is 0 Å². The molecule has 4 aromatic rings. The van der Waals surface area contributed by atoms with Crippen LogP contribution in [-0.2, 0) is 0 Å². The van der Waals surface area contributed by atoms with E-state index in [9.17, 15) is 4.79 Å². The lowest BCUT2D eigenvalue weighted by Gasteiger charge is -2.11. The average molecular weight is 378 g/mol. The molecule has 0 spiro atoms. The highest BCUT2D eigenvalue weighted by Crippen LogP contribution is 2.28. The molecule has 4 rings (SSSR count). The molecule has 136 valence electrons. The van der Waals surface area contributed by atoms with Gasteiger partial charge < -0.3 is 0 Å². The zero-order chi connectivity index (χ0) is 19.0. The number of amides is 1. The standard InChI is InChI=1S/C19H18N6OS/c1-11(2)25-17-15(9-21-25)14(18(26)23-19-24-20-10-27-19)8-16(22-17)13-7-5-4-6-12(13)3/h4-11H,1-3H3,(H,23,24,26). The molecule has 1 amide bonds. The molecule has 0 aliphatic rings. The van der Waals surface area contributed by atoms with Crippen LogP contribution < -0.4 is 5.32 Å². The number of anilines is 1. The first-order valence-corrected chi connectivity index (χ1v) is 9.44. The van der Waals surface area contributed by atoms with Crippen LogP contribution in [0.15, 0.2) is 42.0 Å². The van der Waals surface area contributed by atoms with E-state index in [1.54, 1.807) is 11.7 Å². The van der Waals surface area contributed by atoms with Crippen LogP contribution in [0.3, 0.4) is 0 Å². The first-order valence-electron chi connectivity index (χ1n) is 8.56. The number of carbonyl (C=O) groups is 1. The molecular formula is C19H18N6OS. The number of pyridine rings is 1. The molecule has 1 aromatic carbocycles. The molecule has 0 atom stereocenters. The van der Waals surface area contributed by atoms with Gasteiger partial charge in [0.05, 0.1) is 22.8 Å². The Bertz CT molecular complexity index is 1120. The fourth-order valence-corrected chi connectivity index (χ4v) is 3.41. The van der Waals surface area contributed by atoms with Gasteiger partial charge >= 0.3 is 0 Å². The molecule has 3 heterocycles. The number of benzene rings is 1. The minimum Gasteiger partial charge on any atom is -0.296 e. The minimum atomic E-state index is -0.253. The highest BCUT2D eigenvalue weighted by molar-refractivity contribution is 7.13. The Labute approximate surface area is 160 Å². The minimum absolute atomic E-state index is 0.126. The van der Waals surface area contributed by atoms with Crippen molar-refractivity contribution in [3.63, 3.8) is 0 Å². The van der Waals surface area contributed by atoms with E-state index < -0.39 is 0 Å². The molecule has 3 aromatic heterocycles. The summed E-state index contributed by atoms with van der Waals surface area (Å²) in [6.07, 6.45) is 1.69. The van der Waals surface area contributed by atoms with Crippen molar-refractivity contribution in [3.05, 3.63) is 53.2 Å². The van der Waals surface area contributed by atoms with Gasteiger partial charge in [0.15, 0.2) is 5.65 Å². The molecule has 0 fully saturated rings. The Kier molecular flexibility index (Phi) is 4.41. The summed E-state index contributed by atoms with van der Waals surface area (Å²) in [5, 5.41) is 16.1. The van der Waals surface area contributed by atoms with Crippen molar-refractivity contribution in [1.82, 2.24) is 25.0 Å². The largest absolute Gasteiger partial charge is 0.296 e. The zero-order valence-corrected chi connectivity index (χ0v) is 16.0. The third-order valence-corrected chi connectivity index (χ3v) is 4.91. The van der Waals surface area contributed by atoms with Crippen LogP contribution in [0.4, 0.5) is 5.13 Å². The SMILES string of the molecule is Cc1ccccc1-c1cc(C(=O)Nc2nncs2)c2cnn(C(C)C)c2n1. The molecule has 27 heavy (non-hydrogen) atoms. The van der Waals surface area contributed by atoms with Crippen molar-refractivity contribution in [3.8, 4) is 11.3 Å². The molecule has 0 bridgehead atoms. The Morgan fingerprint density at radius 1 is 1.26 bits per heavy atom. The second-order valence-electron chi connectivity index (χ2n) is 6.49. The third-order valence-electron chi connectivity index (χ3n) is 4.30. The van der Waals surface area contributed by atoms with E-state index in [-0.39, 0.29) is 11.9 Å². The summed E-state index contributed by atoms with van der Waals surface area (Å²) in [5.41, 5.74) is 5.60. The maximum Gasteiger partial charge on any atom is 0.258 e. The van der Waals surface area contributed by atoms with Gasteiger partial charge in [-0.2, -0.15) is 5.10 Å². The molecule has 0 unspecified atom stereocenters. The molecular weight excluding hydrogens is 360 g/mol. The number of nitrogens with zero attached hydrogens (tertiary/aromatic N) is 5. The van der Waals surface area contributed by atoms with Gasteiger partial charge in [-0.3, -0.25) is 10.1 Å². The van der Waals surface area contributed by atoms with Crippen LogP contribution in [0, 0.1) is 6.92 Å². The Morgan fingerprint density at radius 3 is 2.78 bits per heavy atom. The smallest absolute Gasteiger partial charge is 0.258 e. The van der Waals surface area contributed by atoms with E-state index in [0.717, 1.165) is 16.8 Å². The van der Waals surface area contributed by atoms with Gasteiger partial charge in [0.2, 0.25) is 5.13 Å². The Morgan fingerprint density at radius 2 is 2.07 bits per heavy atom. The zero-order valence-electron chi connectivity index (χ0n) is 15.2. The van der Waals surface area contributed by atoms with Crippen LogP contribution in [-0.4, -0.2) is 30.9 Å². The van der Waals surface area contributed by atoms with Gasteiger partial charge in [-0.1, -0.05) is 35.6 Å². The van der Waals surface area contributed by atoms with E-state index in [2.05, 4.69) is 20.6 Å². The molecule has 0 radical (unpaired) electrons. The number of rotatable bonds is 4. The fraction of sp³-hybridized carbons (Fsp3) is 0.211. The normalized spacial score (nSPS) is 11.3. The number of nitrogens with one attached hydrogen (secondary N) is 1. The number of aromatic nitrogens is 5. The van der Waals surface area contributed by atoms with E-state index >= 15 is 0 Å². The van der Waals surface area contributed by atoms with Crippen LogP contribution in [0.5, 0.6) is 0 Å². The second kappa shape index (κ2) is 6.88. The lowest BCUT2D eigenvalue weighted by Crippen LogP contribution is -2.13. The maximum absolute atomic E-state index is 12.9. The molecule has 0 saturated heterocycles. The second-order valence-corrected chi connectivity index (χ2v) is 7.32. The highest BCUT2D eigenvalue weighted by Gasteiger charge is 2.19. The predicted octanol–water partition coefficient (Wildman–Crippen LogP) is 4.09. The summed E-state index contributed by atoms with van der Waals surface area (Å²) < 4.78 is 1.83. The molecule has 8 heteroatoms. The first kappa shape index (κ1) is 17.3. The van der Waals surface area contributed by atoms with E-state index in [0.29, 0.717) is 21.7 Å². The predicted molar refractivity (Wildman–Crippen MR) is 106 cm³/mol. The van der Waals surface area contributed by atoms with Gasteiger partial charge in [0, 0.05) is 11.6 Å². The number of fused-ring (bicyclic) bond motifs is 1. The van der Waals surface area contributed by atoms with Crippen LogP contribution in [0.1, 0.15) is 35.8 Å². The van der Waals surface area contributed by atoms with Crippen molar-refractivity contribution in [1.29, 1.82) is 0 Å². The van der Waals surface area contributed by atoms with Gasteiger partial charge in [-0.15, -0.1) is 10.2 Å². The fourth-order valence-electron chi connectivity index (χ4n) is 2.97. The van der Waals surface area contributed by atoms with Gasteiger partial charge in [0.1, 0.15) is 5.51 Å². The van der Waals surface area contributed by atoms with Gasteiger partial charge in [0.25, 0.3) is 5.91 Å². The van der Waals surface area contributed by atoms with E-state index in [4.69, 9.17) is 4.98 Å². The number of carbonyl (C=O) groups excluding carboxylic acids is 1. The quantitative estimate of drug-likeness (QED) is 0.578. The highest BCUT2D eigenvalue weighted by atomic mass is 32.1. The van der Waals surface area contributed by atoms with Gasteiger partial charge in [-0.25, -0.2) is 9.67 Å². The number of aryl methyl sites for hydroxylation is 1. The summed E-state index contributed by atoms with van der Waals surface area (Å²) in [6, 6.07) is 9.93. The van der Waals surface area contributed by atoms with Crippen molar-refractivity contribution in [2.45, 2.75) is 26.8 Å². The molecule has 0 aliphatic heterocycles. The Hall–Kier alpha value is -3.13. The summed E-state index contributed by atoms with van der Waals surface area (Å²) in [7, 11) is 0. The van der Waals surface area contributed by atoms with Crippen molar-refractivity contribution < 1.29 is 4.79 Å². The number of hydrogen-bond donors (Lipinski definition) is 1. The molecule has 1 N–H and O–H groups in total. The van der Waals surface area contributed by atoms with Gasteiger partial charge in [-0.05, 0) is 32.4 Å². The molecule has 0 saturated carbocycles. The third kappa shape index (κ3) is 3.19. The molecule has 7 nitrogen and oxygen atoms in total. The molecule has 0 aliphatic carbocycles. The van der Waals surface area contributed by atoms with E-state index in [1.807, 2.05) is 55.8 Å². The first-order chi connectivity index (χ1) is 13.0. The monoisotopic (exact) mass is 378 g/mol. The summed E-state index contributed by atoms with van der Waals surface area (Å²) in [5.74, 6) is -0.253. The summed E-state index contributed by atoms with van der Waals surface area (Å²) >= 11 is 1.27. The van der Waals surface area contributed by atoms with Crippen LogP contribution in [0.25, 0.3) is 22.3 Å². The Balaban J connectivity index is 1.91. The summed E-state index contributed by atoms with van der Waals surface area (Å²) in [6.45, 7) is 6.10. The van der Waals surface area contributed by atoms with Crippen LogP contribution >= 0.6 is 11.3 Å². The lowest BCUT2D eigenvalue weighted by molar-refractivity contribution is 0.102. The van der Waals surface area contributed by atoms with E-state index in [1.165, 1.54) is 11.3 Å². The van der Waals surface area contributed by atoms with Crippen molar-refractivity contribution >= 4 is 33.4 Å². The average Bonchev–Trinajstić information content (AvgIpc) is 3.30.